The number of hydrogen-bond donors (Lipinski definition) is 1. The first-order valence-electron chi connectivity index (χ1n) is 9.16. The molecule has 26 heavy (non-hydrogen) atoms. The molecule has 1 N–H and O–H groups in total. The Morgan fingerprint density at radius 1 is 1.15 bits per heavy atom. The van der Waals surface area contributed by atoms with Crippen LogP contribution in [0.3, 0.4) is 0 Å². The van der Waals surface area contributed by atoms with E-state index in [-0.39, 0.29) is 5.56 Å². The molecule has 0 atom stereocenters. The lowest BCUT2D eigenvalue weighted by molar-refractivity contribution is 0.370. The molecule has 0 spiro atoms. The van der Waals surface area contributed by atoms with Gasteiger partial charge in [-0.1, -0.05) is 44.2 Å². The molecule has 2 aromatic rings. The molecule has 3 rings (SSSR count). The van der Waals surface area contributed by atoms with E-state index in [1.807, 2.05) is 19.3 Å². The molecule has 1 aliphatic heterocycles. The first-order valence-corrected chi connectivity index (χ1v) is 9.16. The van der Waals surface area contributed by atoms with Crippen LogP contribution in [0.5, 0.6) is 0 Å². The molecule has 0 radical (unpaired) electrons. The van der Waals surface area contributed by atoms with Crippen LogP contribution in [0.2, 0.25) is 0 Å². The van der Waals surface area contributed by atoms with Gasteiger partial charge in [0.05, 0.1) is 6.54 Å². The molecule has 5 nitrogen and oxygen atoms in total. The SMILES string of the molecule is CN=C(NCc1ccc(Cn2ccccc2=O)cc1)N1CCC(C)(C)C1. The Morgan fingerprint density at radius 3 is 2.50 bits per heavy atom. The van der Waals surface area contributed by atoms with Gasteiger partial charge in [0.15, 0.2) is 5.96 Å². The van der Waals surface area contributed by atoms with E-state index in [1.165, 1.54) is 12.0 Å². The van der Waals surface area contributed by atoms with Crippen LogP contribution in [0, 0.1) is 5.41 Å². The zero-order valence-corrected chi connectivity index (χ0v) is 15.9. The largest absolute Gasteiger partial charge is 0.352 e. The van der Waals surface area contributed by atoms with Crippen LogP contribution in [-0.2, 0) is 13.1 Å². The quantitative estimate of drug-likeness (QED) is 0.680. The Bertz CT molecular complexity index is 820. The van der Waals surface area contributed by atoms with E-state index in [9.17, 15) is 4.79 Å². The summed E-state index contributed by atoms with van der Waals surface area (Å²) in [5.74, 6) is 0.968. The minimum Gasteiger partial charge on any atom is -0.352 e. The van der Waals surface area contributed by atoms with Gasteiger partial charge >= 0.3 is 0 Å². The molecule has 0 saturated carbocycles. The van der Waals surface area contributed by atoms with Crippen molar-refractivity contribution >= 4 is 5.96 Å². The predicted molar refractivity (Wildman–Crippen MR) is 106 cm³/mol. The van der Waals surface area contributed by atoms with Crippen molar-refractivity contribution in [2.24, 2.45) is 10.4 Å². The molecule has 1 aliphatic rings. The van der Waals surface area contributed by atoms with Gasteiger partial charge in [0.2, 0.25) is 0 Å². The molecule has 1 fully saturated rings. The first kappa shape index (κ1) is 18.2. The van der Waals surface area contributed by atoms with Crippen LogP contribution in [0.15, 0.2) is 58.4 Å². The lowest BCUT2D eigenvalue weighted by Gasteiger charge is -2.23. The number of hydrogen-bond acceptors (Lipinski definition) is 2. The van der Waals surface area contributed by atoms with Crippen LogP contribution in [-0.4, -0.2) is 35.6 Å². The third-order valence-corrected chi connectivity index (χ3v) is 4.91. The summed E-state index contributed by atoms with van der Waals surface area (Å²) in [5.41, 5.74) is 2.70. The van der Waals surface area contributed by atoms with Crippen molar-refractivity contribution in [1.82, 2.24) is 14.8 Å². The highest BCUT2D eigenvalue weighted by Gasteiger charge is 2.30. The normalized spacial score (nSPS) is 16.7. The van der Waals surface area contributed by atoms with Gasteiger partial charge in [0.1, 0.15) is 0 Å². The summed E-state index contributed by atoms with van der Waals surface area (Å²) < 4.78 is 1.71. The van der Waals surface area contributed by atoms with Gasteiger partial charge in [-0.25, -0.2) is 0 Å². The first-order chi connectivity index (χ1) is 12.5. The number of rotatable bonds is 4. The number of guanidine groups is 1. The van der Waals surface area contributed by atoms with Gasteiger partial charge in [-0.2, -0.15) is 0 Å². The van der Waals surface area contributed by atoms with E-state index in [1.54, 1.807) is 16.7 Å². The molecule has 1 aromatic carbocycles. The Labute approximate surface area is 155 Å². The van der Waals surface area contributed by atoms with E-state index in [0.717, 1.165) is 31.2 Å². The van der Waals surface area contributed by atoms with E-state index >= 15 is 0 Å². The molecule has 0 aliphatic carbocycles. The van der Waals surface area contributed by atoms with Crippen LogP contribution in [0.4, 0.5) is 0 Å². The van der Waals surface area contributed by atoms with Crippen LogP contribution < -0.4 is 10.9 Å². The second-order valence-corrected chi connectivity index (χ2v) is 7.72. The van der Waals surface area contributed by atoms with Gasteiger partial charge in [0.25, 0.3) is 5.56 Å². The summed E-state index contributed by atoms with van der Waals surface area (Å²) in [5, 5.41) is 3.46. The van der Waals surface area contributed by atoms with E-state index < -0.39 is 0 Å². The molecule has 1 saturated heterocycles. The summed E-state index contributed by atoms with van der Waals surface area (Å²) in [7, 11) is 1.84. The highest BCUT2D eigenvalue weighted by molar-refractivity contribution is 5.80. The second-order valence-electron chi connectivity index (χ2n) is 7.72. The molecule has 5 heteroatoms. The second kappa shape index (κ2) is 7.77. The maximum atomic E-state index is 11.8. The molecule has 0 amide bonds. The number of aliphatic imine (C=N–C) groups is 1. The van der Waals surface area contributed by atoms with Crippen molar-refractivity contribution in [3.05, 3.63) is 70.1 Å². The number of likely N-dealkylation sites (tertiary alicyclic amines) is 1. The lowest BCUT2D eigenvalue weighted by atomic mass is 9.93. The fraction of sp³-hybridized carbons (Fsp3) is 0.429. The van der Waals surface area contributed by atoms with Crippen LogP contribution in [0.1, 0.15) is 31.4 Å². The van der Waals surface area contributed by atoms with Crippen molar-refractivity contribution in [1.29, 1.82) is 0 Å². The Kier molecular flexibility index (Phi) is 5.45. The average molecular weight is 352 g/mol. The monoisotopic (exact) mass is 352 g/mol. The Morgan fingerprint density at radius 2 is 1.88 bits per heavy atom. The Hall–Kier alpha value is -2.56. The minimum absolute atomic E-state index is 0.0237. The molecular formula is C21H28N4O. The number of benzene rings is 1. The highest BCUT2D eigenvalue weighted by atomic mass is 16.1. The molecule has 1 aromatic heterocycles. The van der Waals surface area contributed by atoms with Crippen molar-refractivity contribution in [3.63, 3.8) is 0 Å². The minimum atomic E-state index is 0.0237. The van der Waals surface area contributed by atoms with E-state index in [2.05, 4.69) is 53.3 Å². The number of aromatic nitrogens is 1. The van der Waals surface area contributed by atoms with E-state index in [4.69, 9.17) is 0 Å². The summed E-state index contributed by atoms with van der Waals surface area (Å²) in [6.45, 7) is 8.04. The van der Waals surface area contributed by atoms with Crippen LogP contribution >= 0.6 is 0 Å². The molecule has 2 heterocycles. The van der Waals surface area contributed by atoms with Gasteiger partial charge < -0.3 is 14.8 Å². The zero-order valence-electron chi connectivity index (χ0n) is 15.9. The third kappa shape index (κ3) is 4.54. The fourth-order valence-electron chi connectivity index (χ4n) is 3.36. The number of nitrogens with zero attached hydrogens (tertiary/aromatic N) is 3. The topological polar surface area (TPSA) is 49.6 Å². The summed E-state index contributed by atoms with van der Waals surface area (Å²) in [6, 6.07) is 13.6. The standard InChI is InChI=1S/C21H28N4O/c1-21(2)11-13-25(16-21)20(22-3)23-14-17-7-9-18(10-8-17)15-24-12-5-4-6-19(24)26/h4-10,12H,11,13-16H2,1-3H3,(H,22,23). The molecule has 138 valence electrons. The number of nitrogens with one attached hydrogen (secondary N) is 1. The van der Waals surface area contributed by atoms with Gasteiger partial charge in [0, 0.05) is 38.9 Å². The van der Waals surface area contributed by atoms with Crippen LogP contribution in [0.25, 0.3) is 0 Å². The van der Waals surface area contributed by atoms with Crippen molar-refractivity contribution in [2.75, 3.05) is 20.1 Å². The maximum Gasteiger partial charge on any atom is 0.250 e. The predicted octanol–water partition coefficient (Wildman–Crippen LogP) is 2.70. The number of pyridine rings is 1. The van der Waals surface area contributed by atoms with Gasteiger partial charge in [-0.05, 0) is 29.0 Å². The molecule has 0 bridgehead atoms. The van der Waals surface area contributed by atoms with Gasteiger partial charge in [-0.3, -0.25) is 9.79 Å². The zero-order chi connectivity index (χ0) is 18.6. The average Bonchev–Trinajstić information content (AvgIpc) is 2.99. The lowest BCUT2D eigenvalue weighted by Crippen LogP contribution is -2.40. The summed E-state index contributed by atoms with van der Waals surface area (Å²) in [6.07, 6.45) is 3.01. The highest BCUT2D eigenvalue weighted by Crippen LogP contribution is 2.28. The van der Waals surface area contributed by atoms with Gasteiger partial charge in [-0.15, -0.1) is 0 Å². The van der Waals surface area contributed by atoms with E-state index in [0.29, 0.717) is 12.0 Å². The summed E-state index contributed by atoms with van der Waals surface area (Å²) >= 11 is 0. The molecule has 0 unspecified atom stereocenters. The smallest absolute Gasteiger partial charge is 0.250 e. The van der Waals surface area contributed by atoms with Crippen molar-refractivity contribution < 1.29 is 0 Å². The Balaban J connectivity index is 1.57. The van der Waals surface area contributed by atoms with Crippen molar-refractivity contribution in [3.8, 4) is 0 Å². The molecular weight excluding hydrogens is 324 g/mol. The maximum absolute atomic E-state index is 11.8. The van der Waals surface area contributed by atoms with Crippen molar-refractivity contribution in [2.45, 2.75) is 33.4 Å². The third-order valence-electron chi connectivity index (χ3n) is 4.91. The summed E-state index contributed by atoms with van der Waals surface area (Å²) in [4.78, 5) is 18.6. The fourth-order valence-corrected chi connectivity index (χ4v) is 3.36.